The summed E-state index contributed by atoms with van der Waals surface area (Å²) in [6.45, 7) is 6.78. The lowest BCUT2D eigenvalue weighted by Crippen LogP contribution is -2.12. The summed E-state index contributed by atoms with van der Waals surface area (Å²) < 4.78 is 7.03. The van der Waals surface area contributed by atoms with Gasteiger partial charge < -0.3 is 4.74 Å². The predicted octanol–water partition coefficient (Wildman–Crippen LogP) is 2.14. The summed E-state index contributed by atoms with van der Waals surface area (Å²) in [7, 11) is 1.67. The van der Waals surface area contributed by atoms with Gasteiger partial charge in [0.15, 0.2) is 0 Å². The van der Waals surface area contributed by atoms with Crippen molar-refractivity contribution in [3.05, 3.63) is 17.5 Å². The zero-order chi connectivity index (χ0) is 12.8. The maximum atomic E-state index is 11.8. The second-order valence-corrected chi connectivity index (χ2v) is 4.39. The SMILES string of the molecule is CCn1nc(C)cc1CC(=O)CCC(C)OC. The summed E-state index contributed by atoms with van der Waals surface area (Å²) in [5.41, 5.74) is 1.99. The molecule has 0 radical (unpaired) electrons. The van der Waals surface area contributed by atoms with Crippen LogP contribution in [0.4, 0.5) is 0 Å². The molecule has 17 heavy (non-hydrogen) atoms. The van der Waals surface area contributed by atoms with Crippen LogP contribution < -0.4 is 0 Å². The monoisotopic (exact) mass is 238 g/mol. The molecule has 0 saturated carbocycles. The van der Waals surface area contributed by atoms with Gasteiger partial charge in [-0.05, 0) is 33.3 Å². The Kier molecular flexibility index (Phi) is 5.35. The van der Waals surface area contributed by atoms with Crippen LogP contribution in [0.15, 0.2) is 6.07 Å². The second kappa shape index (κ2) is 6.55. The van der Waals surface area contributed by atoms with Crippen LogP contribution in [-0.4, -0.2) is 28.8 Å². The van der Waals surface area contributed by atoms with E-state index < -0.39 is 0 Å². The molecule has 0 amide bonds. The summed E-state index contributed by atoms with van der Waals surface area (Å²) in [5.74, 6) is 0.253. The van der Waals surface area contributed by atoms with Crippen LogP contribution in [0.3, 0.4) is 0 Å². The normalized spacial score (nSPS) is 12.7. The van der Waals surface area contributed by atoms with Gasteiger partial charge >= 0.3 is 0 Å². The predicted molar refractivity (Wildman–Crippen MR) is 67.1 cm³/mol. The topological polar surface area (TPSA) is 44.1 Å². The van der Waals surface area contributed by atoms with Crippen LogP contribution in [0.1, 0.15) is 38.1 Å². The van der Waals surface area contributed by atoms with Crippen molar-refractivity contribution >= 4 is 5.78 Å². The first kappa shape index (κ1) is 13.9. The first-order valence-corrected chi connectivity index (χ1v) is 6.14. The Labute approximate surface area is 103 Å². The number of carbonyl (C=O) groups excluding carboxylic acids is 1. The van der Waals surface area contributed by atoms with Crippen molar-refractivity contribution < 1.29 is 9.53 Å². The zero-order valence-corrected chi connectivity index (χ0v) is 11.2. The highest BCUT2D eigenvalue weighted by Gasteiger charge is 2.11. The summed E-state index contributed by atoms with van der Waals surface area (Å²) in [6, 6.07) is 1.99. The number of aryl methyl sites for hydroxylation is 2. The van der Waals surface area contributed by atoms with Gasteiger partial charge in [-0.2, -0.15) is 5.10 Å². The lowest BCUT2D eigenvalue weighted by atomic mass is 10.1. The molecule has 0 aliphatic heterocycles. The lowest BCUT2D eigenvalue weighted by molar-refractivity contribution is -0.119. The molecule has 1 atom stereocenters. The minimum absolute atomic E-state index is 0.150. The third kappa shape index (κ3) is 4.30. The molecule has 0 aliphatic rings. The van der Waals surface area contributed by atoms with E-state index in [1.165, 1.54) is 0 Å². The second-order valence-electron chi connectivity index (χ2n) is 4.39. The number of ketones is 1. The number of aromatic nitrogens is 2. The van der Waals surface area contributed by atoms with Gasteiger partial charge in [-0.3, -0.25) is 9.48 Å². The van der Waals surface area contributed by atoms with Crippen LogP contribution in [0.2, 0.25) is 0 Å². The Balaban J connectivity index is 2.50. The van der Waals surface area contributed by atoms with Gasteiger partial charge in [0.2, 0.25) is 0 Å². The highest BCUT2D eigenvalue weighted by molar-refractivity contribution is 5.80. The van der Waals surface area contributed by atoms with Crippen molar-refractivity contribution in [2.24, 2.45) is 0 Å². The van der Waals surface area contributed by atoms with Crippen molar-refractivity contribution in [2.45, 2.75) is 52.7 Å². The van der Waals surface area contributed by atoms with Gasteiger partial charge in [0, 0.05) is 32.2 Å². The van der Waals surface area contributed by atoms with E-state index in [9.17, 15) is 4.79 Å². The molecule has 1 aromatic rings. The highest BCUT2D eigenvalue weighted by Crippen LogP contribution is 2.08. The minimum atomic E-state index is 0.150. The molecular weight excluding hydrogens is 216 g/mol. The van der Waals surface area contributed by atoms with Crippen molar-refractivity contribution in [3.63, 3.8) is 0 Å². The van der Waals surface area contributed by atoms with Crippen molar-refractivity contribution in [1.29, 1.82) is 0 Å². The summed E-state index contributed by atoms with van der Waals surface area (Å²) >= 11 is 0. The first-order valence-electron chi connectivity index (χ1n) is 6.14. The highest BCUT2D eigenvalue weighted by atomic mass is 16.5. The Morgan fingerprint density at radius 3 is 2.88 bits per heavy atom. The van der Waals surface area contributed by atoms with Crippen LogP contribution in [0.5, 0.6) is 0 Å². The van der Waals surface area contributed by atoms with E-state index in [0.29, 0.717) is 12.8 Å². The van der Waals surface area contributed by atoms with E-state index in [2.05, 4.69) is 5.10 Å². The number of carbonyl (C=O) groups is 1. The fraction of sp³-hybridized carbons (Fsp3) is 0.692. The van der Waals surface area contributed by atoms with Crippen LogP contribution in [0.25, 0.3) is 0 Å². The third-order valence-electron chi connectivity index (χ3n) is 2.90. The minimum Gasteiger partial charge on any atom is -0.382 e. The molecule has 0 spiro atoms. The number of nitrogens with zero attached hydrogens (tertiary/aromatic N) is 2. The van der Waals surface area contributed by atoms with E-state index >= 15 is 0 Å². The van der Waals surface area contributed by atoms with Crippen LogP contribution >= 0.6 is 0 Å². The summed E-state index contributed by atoms with van der Waals surface area (Å²) in [4.78, 5) is 11.8. The molecule has 1 unspecified atom stereocenters. The number of ether oxygens (including phenoxy) is 1. The molecule has 0 fully saturated rings. The average Bonchev–Trinajstić information content (AvgIpc) is 2.66. The average molecular weight is 238 g/mol. The largest absolute Gasteiger partial charge is 0.382 e. The standard InChI is InChI=1S/C13H22N2O2/c1-5-15-12(8-10(2)14-15)9-13(16)7-6-11(3)17-4/h8,11H,5-7,9H2,1-4H3. The first-order chi connectivity index (χ1) is 8.06. The fourth-order valence-corrected chi connectivity index (χ4v) is 1.79. The fourth-order valence-electron chi connectivity index (χ4n) is 1.79. The van der Waals surface area contributed by atoms with Gasteiger partial charge in [-0.25, -0.2) is 0 Å². The number of methoxy groups -OCH3 is 1. The molecule has 0 aromatic carbocycles. The Hall–Kier alpha value is -1.16. The Bertz CT molecular complexity index is 371. The maximum absolute atomic E-state index is 11.8. The van der Waals surface area contributed by atoms with Gasteiger partial charge in [-0.15, -0.1) is 0 Å². The summed E-state index contributed by atoms with van der Waals surface area (Å²) in [5, 5.41) is 4.33. The number of hydrogen-bond acceptors (Lipinski definition) is 3. The molecule has 0 aliphatic carbocycles. The molecule has 0 bridgehead atoms. The Morgan fingerprint density at radius 2 is 2.29 bits per heavy atom. The van der Waals surface area contributed by atoms with Gasteiger partial charge in [0.1, 0.15) is 5.78 Å². The quantitative estimate of drug-likeness (QED) is 0.731. The van der Waals surface area contributed by atoms with E-state index in [0.717, 1.165) is 24.4 Å². The van der Waals surface area contributed by atoms with Crippen molar-refractivity contribution in [1.82, 2.24) is 9.78 Å². The number of rotatable bonds is 7. The van der Waals surface area contributed by atoms with Gasteiger partial charge in [-0.1, -0.05) is 0 Å². The molecule has 96 valence electrons. The molecule has 1 rings (SSSR count). The smallest absolute Gasteiger partial charge is 0.138 e. The van der Waals surface area contributed by atoms with Gasteiger partial charge in [0.05, 0.1) is 11.8 Å². The summed E-state index contributed by atoms with van der Waals surface area (Å²) in [6.07, 6.45) is 1.99. The lowest BCUT2D eigenvalue weighted by Gasteiger charge is -2.08. The maximum Gasteiger partial charge on any atom is 0.138 e. The van der Waals surface area contributed by atoms with Crippen LogP contribution in [-0.2, 0) is 22.5 Å². The van der Waals surface area contributed by atoms with Gasteiger partial charge in [0.25, 0.3) is 0 Å². The molecule has 0 saturated heterocycles. The molecule has 4 heteroatoms. The van der Waals surface area contributed by atoms with Crippen molar-refractivity contribution in [3.8, 4) is 0 Å². The molecule has 4 nitrogen and oxygen atoms in total. The van der Waals surface area contributed by atoms with E-state index in [1.54, 1.807) is 7.11 Å². The van der Waals surface area contributed by atoms with Crippen molar-refractivity contribution in [2.75, 3.05) is 7.11 Å². The van der Waals surface area contributed by atoms with Crippen LogP contribution in [0, 0.1) is 6.92 Å². The number of Topliss-reactive ketones (excluding diaryl/α,β-unsaturated/α-hetero) is 1. The molecule has 1 aromatic heterocycles. The van der Waals surface area contributed by atoms with E-state index in [1.807, 2.05) is 31.5 Å². The molecule has 1 heterocycles. The molecular formula is C13H22N2O2. The molecule has 0 N–H and O–H groups in total. The number of hydrogen-bond donors (Lipinski definition) is 0. The zero-order valence-electron chi connectivity index (χ0n) is 11.2. The Morgan fingerprint density at radius 1 is 1.59 bits per heavy atom. The van der Waals surface area contributed by atoms with E-state index in [-0.39, 0.29) is 11.9 Å². The third-order valence-corrected chi connectivity index (χ3v) is 2.90. The van der Waals surface area contributed by atoms with E-state index in [4.69, 9.17) is 4.74 Å².